The Morgan fingerprint density at radius 3 is 3.00 bits per heavy atom. The maximum absolute atomic E-state index is 11.5. The van der Waals surface area contributed by atoms with Crippen molar-refractivity contribution >= 4 is 11.5 Å². The number of ether oxygens (including phenoxy) is 1. The Hall–Kier alpha value is -2.31. The average Bonchev–Trinajstić information content (AvgIpc) is 2.70. The number of aromatic nitrogens is 4. The molecule has 0 saturated carbocycles. The lowest BCUT2D eigenvalue weighted by Gasteiger charge is -2.07. The third-order valence-corrected chi connectivity index (χ3v) is 2.51. The molecule has 7 nitrogen and oxygen atoms in total. The maximum Gasteiger partial charge on any atom is 0.295 e. The number of nitrogens with zero attached hydrogens (tertiary/aromatic N) is 3. The van der Waals surface area contributed by atoms with Crippen LogP contribution in [0.15, 0.2) is 17.3 Å². The van der Waals surface area contributed by atoms with Crippen LogP contribution in [0.2, 0.25) is 0 Å². The van der Waals surface area contributed by atoms with Gasteiger partial charge in [0.1, 0.15) is 0 Å². The minimum atomic E-state index is -0.322. The minimum Gasteiger partial charge on any atom is -0.489 e. The molecule has 0 radical (unpaired) electrons. The van der Waals surface area contributed by atoms with Gasteiger partial charge in [-0.15, -0.1) is 0 Å². The van der Waals surface area contributed by atoms with Crippen LogP contribution in [-0.2, 0) is 13.5 Å². The predicted molar refractivity (Wildman–Crippen MR) is 67.3 cm³/mol. The third kappa shape index (κ3) is 2.20. The molecular weight excluding hydrogens is 234 g/mol. The molecular formula is C11H15N5O2. The first-order valence-corrected chi connectivity index (χ1v) is 5.57. The van der Waals surface area contributed by atoms with Gasteiger partial charge in [0.25, 0.3) is 5.56 Å². The zero-order valence-electron chi connectivity index (χ0n) is 10.5. The summed E-state index contributed by atoms with van der Waals surface area (Å²) in [7, 11) is 3.27. The molecule has 0 saturated heterocycles. The van der Waals surface area contributed by atoms with Crippen molar-refractivity contribution in [2.45, 2.75) is 13.3 Å². The van der Waals surface area contributed by atoms with E-state index in [2.05, 4.69) is 20.4 Å². The molecule has 0 spiro atoms. The van der Waals surface area contributed by atoms with E-state index in [1.165, 1.54) is 13.4 Å². The van der Waals surface area contributed by atoms with Crippen molar-refractivity contribution in [3.63, 3.8) is 0 Å². The van der Waals surface area contributed by atoms with Gasteiger partial charge in [-0.2, -0.15) is 5.10 Å². The first-order valence-electron chi connectivity index (χ1n) is 5.57. The fraction of sp³-hybridized carbons (Fsp3) is 0.364. The summed E-state index contributed by atoms with van der Waals surface area (Å²) in [6.07, 6.45) is 3.95. The molecule has 7 heteroatoms. The number of methoxy groups -OCH3 is 1. The van der Waals surface area contributed by atoms with Crippen LogP contribution in [0.4, 0.5) is 11.5 Å². The van der Waals surface area contributed by atoms with E-state index in [0.717, 1.165) is 17.8 Å². The first-order chi connectivity index (χ1) is 8.65. The van der Waals surface area contributed by atoms with Crippen LogP contribution in [-0.4, -0.2) is 26.9 Å². The topological polar surface area (TPSA) is 84.8 Å². The van der Waals surface area contributed by atoms with Crippen LogP contribution in [0, 0.1) is 0 Å². The standard InChI is InChI=1S/C11H15N5O2/c1-4-7-8(5-16(2)15-7)14-10-9(18-3)11(17)13-6-12-10/h5-6H,4H2,1-3H3,(H2,12,13,14,17). The Bertz CT molecular complexity index is 602. The quantitative estimate of drug-likeness (QED) is 0.838. The molecule has 0 bridgehead atoms. The van der Waals surface area contributed by atoms with Gasteiger partial charge in [-0.05, 0) is 6.42 Å². The molecule has 0 aliphatic carbocycles. The van der Waals surface area contributed by atoms with Crippen molar-refractivity contribution in [3.05, 3.63) is 28.6 Å². The molecule has 2 aromatic heterocycles. The van der Waals surface area contributed by atoms with Crippen LogP contribution in [0.25, 0.3) is 0 Å². The lowest BCUT2D eigenvalue weighted by atomic mass is 10.3. The van der Waals surface area contributed by atoms with Gasteiger partial charge in [0, 0.05) is 13.2 Å². The van der Waals surface area contributed by atoms with Crippen molar-refractivity contribution in [3.8, 4) is 5.75 Å². The van der Waals surface area contributed by atoms with E-state index in [1.54, 1.807) is 4.68 Å². The average molecular weight is 249 g/mol. The monoisotopic (exact) mass is 249 g/mol. The lowest BCUT2D eigenvalue weighted by Crippen LogP contribution is -2.12. The van der Waals surface area contributed by atoms with Gasteiger partial charge < -0.3 is 15.0 Å². The van der Waals surface area contributed by atoms with Gasteiger partial charge in [0.05, 0.1) is 24.8 Å². The molecule has 0 unspecified atom stereocenters. The van der Waals surface area contributed by atoms with Crippen LogP contribution in [0.3, 0.4) is 0 Å². The fourth-order valence-electron chi connectivity index (χ4n) is 1.69. The molecule has 18 heavy (non-hydrogen) atoms. The van der Waals surface area contributed by atoms with Gasteiger partial charge in [-0.25, -0.2) is 4.98 Å². The molecule has 0 atom stereocenters. The highest BCUT2D eigenvalue weighted by atomic mass is 16.5. The van der Waals surface area contributed by atoms with Crippen molar-refractivity contribution in [2.24, 2.45) is 7.05 Å². The number of aromatic amines is 1. The van der Waals surface area contributed by atoms with Gasteiger partial charge >= 0.3 is 0 Å². The minimum absolute atomic E-state index is 0.156. The second-order valence-electron chi connectivity index (χ2n) is 3.76. The number of hydrogen-bond donors (Lipinski definition) is 2. The van der Waals surface area contributed by atoms with Gasteiger partial charge in [0.2, 0.25) is 5.75 Å². The number of rotatable bonds is 4. The second kappa shape index (κ2) is 4.91. The fourth-order valence-corrected chi connectivity index (χ4v) is 1.69. The van der Waals surface area contributed by atoms with Crippen molar-refractivity contribution in [1.82, 2.24) is 19.7 Å². The molecule has 0 aromatic carbocycles. The van der Waals surface area contributed by atoms with E-state index in [1.807, 2.05) is 20.2 Å². The van der Waals surface area contributed by atoms with Crippen LogP contribution in [0.1, 0.15) is 12.6 Å². The molecule has 2 N–H and O–H groups in total. The zero-order chi connectivity index (χ0) is 13.1. The van der Waals surface area contributed by atoms with Crippen LogP contribution in [0.5, 0.6) is 5.75 Å². The molecule has 2 aromatic rings. The first kappa shape index (κ1) is 12.2. The van der Waals surface area contributed by atoms with E-state index in [-0.39, 0.29) is 11.3 Å². The molecule has 2 rings (SSSR count). The SMILES string of the molecule is CCc1nn(C)cc1Nc1nc[nH]c(=O)c1OC. The molecule has 0 aliphatic rings. The van der Waals surface area contributed by atoms with Gasteiger partial charge in [-0.1, -0.05) is 6.92 Å². The summed E-state index contributed by atoms with van der Waals surface area (Å²) in [5, 5.41) is 7.37. The smallest absolute Gasteiger partial charge is 0.295 e. The summed E-state index contributed by atoms with van der Waals surface area (Å²) in [6, 6.07) is 0. The number of H-pyrrole nitrogens is 1. The Kier molecular flexibility index (Phi) is 3.31. The zero-order valence-corrected chi connectivity index (χ0v) is 10.5. The Balaban J connectivity index is 2.39. The normalized spacial score (nSPS) is 10.4. The second-order valence-corrected chi connectivity index (χ2v) is 3.76. The Morgan fingerprint density at radius 1 is 1.56 bits per heavy atom. The largest absolute Gasteiger partial charge is 0.489 e. The van der Waals surface area contributed by atoms with Gasteiger partial charge in [0.15, 0.2) is 5.82 Å². The summed E-state index contributed by atoms with van der Waals surface area (Å²) >= 11 is 0. The molecule has 0 fully saturated rings. The lowest BCUT2D eigenvalue weighted by molar-refractivity contribution is 0.408. The van der Waals surface area contributed by atoms with E-state index >= 15 is 0 Å². The summed E-state index contributed by atoms with van der Waals surface area (Å²) in [5.74, 6) is 0.535. The summed E-state index contributed by atoms with van der Waals surface area (Å²) in [5.41, 5.74) is 1.40. The van der Waals surface area contributed by atoms with E-state index in [4.69, 9.17) is 4.74 Å². The van der Waals surface area contributed by atoms with Crippen LogP contribution >= 0.6 is 0 Å². The Morgan fingerprint density at radius 2 is 2.33 bits per heavy atom. The summed E-state index contributed by atoms with van der Waals surface area (Å²) in [6.45, 7) is 2.01. The number of hydrogen-bond acceptors (Lipinski definition) is 5. The highest BCUT2D eigenvalue weighted by Crippen LogP contribution is 2.23. The molecule has 96 valence electrons. The number of anilines is 2. The molecule has 2 heterocycles. The van der Waals surface area contributed by atoms with Crippen molar-refractivity contribution in [2.75, 3.05) is 12.4 Å². The number of nitrogens with one attached hydrogen (secondary N) is 2. The van der Waals surface area contributed by atoms with E-state index in [9.17, 15) is 4.79 Å². The summed E-state index contributed by atoms with van der Waals surface area (Å²) < 4.78 is 6.74. The third-order valence-electron chi connectivity index (χ3n) is 2.51. The predicted octanol–water partition coefficient (Wildman–Crippen LogP) is 0.818. The Labute approximate surface area is 104 Å². The summed E-state index contributed by atoms with van der Waals surface area (Å²) in [4.78, 5) is 18.1. The van der Waals surface area contributed by atoms with E-state index in [0.29, 0.717) is 5.82 Å². The highest BCUT2D eigenvalue weighted by molar-refractivity contribution is 5.62. The molecule has 0 amide bonds. The highest BCUT2D eigenvalue weighted by Gasteiger charge is 2.12. The van der Waals surface area contributed by atoms with E-state index < -0.39 is 0 Å². The molecule has 0 aliphatic heterocycles. The van der Waals surface area contributed by atoms with Crippen molar-refractivity contribution < 1.29 is 4.74 Å². The maximum atomic E-state index is 11.5. The van der Waals surface area contributed by atoms with Crippen molar-refractivity contribution in [1.29, 1.82) is 0 Å². The van der Waals surface area contributed by atoms with Crippen LogP contribution < -0.4 is 15.6 Å². The van der Waals surface area contributed by atoms with Gasteiger partial charge in [-0.3, -0.25) is 9.48 Å². The number of aryl methyl sites for hydroxylation is 2.